The first-order valence-electron chi connectivity index (χ1n) is 2.94. The second-order valence-corrected chi connectivity index (χ2v) is 1.97. The average molecular weight is 356 g/mol. The molecule has 0 aliphatic heterocycles. The lowest BCUT2D eigenvalue weighted by atomic mass is 10.1. The number of halogens is 2. The molecule has 1 atom stereocenters. The molecule has 1 nitrogen and oxygen atoms in total. The predicted octanol–water partition coefficient (Wildman–Crippen LogP) is 3.45. The normalized spacial score (nSPS) is 11.7. The maximum absolute atomic E-state index is 4.89. The molecular weight excluding hydrogens is 342 g/mol. The third-order valence-electron chi connectivity index (χ3n) is 1.15. The van der Waals surface area contributed by atoms with Crippen LogP contribution < -0.4 is 0 Å². The van der Waals surface area contributed by atoms with Gasteiger partial charge in [0.05, 0.1) is 0 Å². The third kappa shape index (κ3) is 12.6. The Balaban J connectivity index is 0. The Morgan fingerprint density at radius 2 is 1.89 bits per heavy atom. The van der Waals surface area contributed by atoms with Crippen molar-refractivity contribution in [3.63, 3.8) is 0 Å². The maximum atomic E-state index is 4.89. The molecule has 0 spiro atoms. The van der Waals surface area contributed by atoms with Gasteiger partial charge in [-0.2, -0.15) is 0 Å². The smallest absolute Gasteiger partial charge is 0.0487 e. The van der Waals surface area contributed by atoms with Gasteiger partial charge in [-0.1, -0.05) is 20.3 Å². The summed E-state index contributed by atoms with van der Waals surface area (Å²) in [5.41, 5.74) is 0. The lowest BCUT2D eigenvalue weighted by molar-refractivity contribution is 0.158. The zero-order chi connectivity index (χ0) is 7.70. The summed E-state index contributed by atoms with van der Waals surface area (Å²) in [5.74, 6) is 0.727. The molecule has 0 aromatic rings. The number of hydrogen-bond acceptors (Lipinski definition) is 1. The van der Waals surface area contributed by atoms with E-state index in [4.69, 9.17) is 4.74 Å². The molecule has 58 valence electrons. The van der Waals surface area contributed by atoms with Gasteiger partial charge in [-0.3, -0.25) is 0 Å². The topological polar surface area (TPSA) is 9.23 Å². The Bertz CT molecular complexity index is 42.0. The van der Waals surface area contributed by atoms with E-state index in [2.05, 4.69) is 51.1 Å². The van der Waals surface area contributed by atoms with Gasteiger partial charge >= 0.3 is 0 Å². The van der Waals surface area contributed by atoms with Crippen LogP contribution in [0.2, 0.25) is 0 Å². The van der Waals surface area contributed by atoms with Crippen LogP contribution in [0.1, 0.15) is 20.3 Å². The third-order valence-corrected chi connectivity index (χ3v) is 1.15. The van der Waals surface area contributed by atoms with E-state index in [1.807, 2.05) is 0 Å². The summed E-state index contributed by atoms with van der Waals surface area (Å²) in [5, 5.41) is 0. The maximum Gasteiger partial charge on any atom is 0.0487 e. The summed E-state index contributed by atoms with van der Waals surface area (Å²) in [6.07, 6.45) is 1.22. The number of ether oxygens (including phenoxy) is 1. The van der Waals surface area contributed by atoms with Crippen LogP contribution in [0.3, 0.4) is 0 Å². The molecule has 9 heavy (non-hydrogen) atoms. The largest absolute Gasteiger partial charge is 0.384 e. The average Bonchev–Trinajstić information content (AvgIpc) is 1.93. The Morgan fingerprint density at radius 1 is 1.44 bits per heavy atom. The Morgan fingerprint density at radius 3 is 2.00 bits per heavy atom. The molecule has 1 unspecified atom stereocenters. The van der Waals surface area contributed by atoms with Crippen molar-refractivity contribution in [1.82, 2.24) is 0 Å². The zero-order valence-corrected chi connectivity index (χ0v) is 10.5. The summed E-state index contributed by atoms with van der Waals surface area (Å²) in [6, 6.07) is 0. The molecule has 0 aliphatic carbocycles. The van der Waals surface area contributed by atoms with Gasteiger partial charge in [-0.25, -0.2) is 0 Å². The van der Waals surface area contributed by atoms with E-state index in [1.54, 1.807) is 7.11 Å². The van der Waals surface area contributed by atoms with Crippen LogP contribution in [-0.2, 0) is 4.74 Å². The van der Waals surface area contributed by atoms with Crippen LogP contribution in [0.15, 0.2) is 0 Å². The summed E-state index contributed by atoms with van der Waals surface area (Å²) in [6.45, 7) is 5.25. The van der Waals surface area contributed by atoms with Crippen LogP contribution in [0, 0.1) is 5.92 Å². The van der Waals surface area contributed by atoms with Crippen molar-refractivity contribution in [1.29, 1.82) is 0 Å². The highest BCUT2D eigenvalue weighted by Crippen LogP contribution is 1.98. The second kappa shape index (κ2) is 12.1. The van der Waals surface area contributed by atoms with Gasteiger partial charge in [0.15, 0.2) is 0 Å². The van der Waals surface area contributed by atoms with Gasteiger partial charge in [0.1, 0.15) is 0 Å². The van der Waals surface area contributed by atoms with E-state index >= 15 is 0 Å². The van der Waals surface area contributed by atoms with Crippen molar-refractivity contribution in [2.75, 3.05) is 13.7 Å². The summed E-state index contributed by atoms with van der Waals surface area (Å²) < 4.78 is 4.89. The monoisotopic (exact) mass is 356 g/mol. The summed E-state index contributed by atoms with van der Waals surface area (Å²) in [4.78, 5) is 0. The van der Waals surface area contributed by atoms with Crippen LogP contribution in [0.5, 0.6) is 0 Å². The van der Waals surface area contributed by atoms with Crippen LogP contribution in [0.25, 0.3) is 0 Å². The molecule has 0 amide bonds. The van der Waals surface area contributed by atoms with Gasteiger partial charge in [0.2, 0.25) is 0 Å². The molecule has 0 N–H and O–H groups in total. The molecule has 0 rings (SSSR count). The molecule has 0 bridgehead atoms. The fourth-order valence-corrected chi connectivity index (χ4v) is 0.402. The summed E-state index contributed by atoms with van der Waals surface area (Å²) >= 11 is 4.24. The number of rotatable bonds is 3. The van der Waals surface area contributed by atoms with E-state index in [0.29, 0.717) is 0 Å². The van der Waals surface area contributed by atoms with Gasteiger partial charge in [-0.05, 0) is 5.92 Å². The first kappa shape index (κ1) is 13.0. The van der Waals surface area contributed by atoms with E-state index < -0.39 is 0 Å². The first-order valence-corrected chi connectivity index (χ1v) is 9.23. The highest BCUT2D eigenvalue weighted by atomic mass is 128. The van der Waals surface area contributed by atoms with E-state index in [0.717, 1.165) is 12.5 Å². The van der Waals surface area contributed by atoms with Crippen molar-refractivity contribution < 1.29 is 4.74 Å². The molecule has 0 fully saturated rings. The van der Waals surface area contributed by atoms with Gasteiger partial charge in [-0.15, -0.1) is 0 Å². The van der Waals surface area contributed by atoms with E-state index in [-0.39, 0.29) is 0 Å². The zero-order valence-electron chi connectivity index (χ0n) is 6.16. The van der Waals surface area contributed by atoms with Gasteiger partial charge in [0, 0.05) is 50.9 Å². The second-order valence-electron chi connectivity index (χ2n) is 1.97. The molecule has 0 saturated carbocycles. The molecule has 0 aromatic carbocycles. The van der Waals surface area contributed by atoms with Crippen molar-refractivity contribution in [3.05, 3.63) is 0 Å². The van der Waals surface area contributed by atoms with Crippen LogP contribution >= 0.6 is 37.2 Å². The van der Waals surface area contributed by atoms with Gasteiger partial charge in [0.25, 0.3) is 0 Å². The predicted molar refractivity (Wildman–Crippen MR) is 59.4 cm³/mol. The standard InChI is InChI=1S/C6H14O.I2/c1-4-6(2)5-7-3;1-2/h6H,4-5H2,1-3H3;. The van der Waals surface area contributed by atoms with Crippen molar-refractivity contribution >= 4 is 37.2 Å². The Hall–Kier alpha value is 1.42. The minimum Gasteiger partial charge on any atom is -0.384 e. The molecule has 0 heterocycles. The van der Waals surface area contributed by atoms with Crippen LogP contribution in [-0.4, -0.2) is 13.7 Å². The molecule has 0 radical (unpaired) electrons. The molecular formula is C6H14I2O. The number of hydrogen-bond donors (Lipinski definition) is 0. The minimum absolute atomic E-state index is 0.727. The van der Waals surface area contributed by atoms with Gasteiger partial charge < -0.3 is 4.74 Å². The molecule has 0 aliphatic rings. The Kier molecular flexibility index (Phi) is 17.6. The molecule has 0 saturated heterocycles. The lowest BCUT2D eigenvalue weighted by Gasteiger charge is -2.03. The molecule has 0 aromatic heterocycles. The fraction of sp³-hybridized carbons (Fsp3) is 1.00. The van der Waals surface area contributed by atoms with Crippen LogP contribution in [0.4, 0.5) is 0 Å². The van der Waals surface area contributed by atoms with Crippen molar-refractivity contribution in [2.45, 2.75) is 20.3 Å². The lowest BCUT2D eigenvalue weighted by Crippen LogP contribution is -2.00. The molecule has 3 heteroatoms. The quantitative estimate of drug-likeness (QED) is 0.704. The first-order chi connectivity index (χ1) is 4.31. The van der Waals surface area contributed by atoms with E-state index in [9.17, 15) is 0 Å². The van der Waals surface area contributed by atoms with Crippen molar-refractivity contribution in [2.24, 2.45) is 5.92 Å². The van der Waals surface area contributed by atoms with E-state index in [1.165, 1.54) is 6.42 Å². The highest BCUT2D eigenvalue weighted by molar-refractivity contribution is 15.0. The summed E-state index contributed by atoms with van der Waals surface area (Å²) in [7, 11) is 1.74. The Labute approximate surface area is 81.2 Å². The fourth-order valence-electron chi connectivity index (χ4n) is 0.402. The van der Waals surface area contributed by atoms with Crippen molar-refractivity contribution in [3.8, 4) is 0 Å². The SMILES string of the molecule is CCC(C)COC.II. The number of methoxy groups -OCH3 is 1. The minimum atomic E-state index is 0.727. The highest BCUT2D eigenvalue weighted by Gasteiger charge is 1.93.